The number of nitro benzene ring substituents is 3. The van der Waals surface area contributed by atoms with E-state index in [0.717, 1.165) is 4.60 Å². The molecule has 0 N–H and O–H groups in total. The van der Waals surface area contributed by atoms with Crippen molar-refractivity contribution in [2.45, 2.75) is 0 Å². The van der Waals surface area contributed by atoms with Gasteiger partial charge in [-0.2, -0.15) is 0 Å². The molecule has 6 aromatic rings. The van der Waals surface area contributed by atoms with Gasteiger partial charge in [0.1, 0.15) is 0 Å². The van der Waals surface area contributed by atoms with Gasteiger partial charge in [-0.1, -0.05) is 0 Å². The number of nitrogens with zero attached hydrogens (tertiary/aromatic N) is 6. The molecular weight excluding hydrogens is 801 g/mol. The van der Waals surface area contributed by atoms with E-state index in [-0.39, 0.29) is 48.6 Å². The second kappa shape index (κ2) is 16.5. The normalized spacial score (nSPS) is 16.8. The third-order valence-corrected chi connectivity index (χ3v) is 14.7. The van der Waals surface area contributed by atoms with Gasteiger partial charge in [0.05, 0.1) is 0 Å². The van der Waals surface area contributed by atoms with Crippen LogP contribution in [0, 0.1) is 30.3 Å². The molecule has 0 fully saturated rings. The molecule has 0 aliphatic carbocycles. The van der Waals surface area contributed by atoms with Crippen LogP contribution in [0.5, 0.6) is 34.5 Å². The molecule has 7 rings (SSSR count). The summed E-state index contributed by atoms with van der Waals surface area (Å²) < 4.78 is 34.7. The Balaban J connectivity index is 1.52. The summed E-state index contributed by atoms with van der Waals surface area (Å²) in [7, 11) is -8.40. The van der Waals surface area contributed by atoms with Crippen molar-refractivity contribution < 1.29 is 42.5 Å². The van der Waals surface area contributed by atoms with Crippen molar-refractivity contribution in [3.63, 3.8) is 0 Å². The Morgan fingerprint density at radius 2 is 0.825 bits per heavy atom. The summed E-state index contributed by atoms with van der Waals surface area (Å²) in [6.07, 6.45) is 0. The average molecular weight is 829 g/mol. The molecule has 0 saturated carbocycles. The second-order valence-corrected chi connectivity index (χ2v) is 17.3. The first kappa shape index (κ1) is 38.5. The maximum absolute atomic E-state index is 11.7. The number of non-ortho nitro benzene ring substituents is 3. The second-order valence-electron chi connectivity index (χ2n) is 11.5. The fourth-order valence-electron chi connectivity index (χ4n) is 4.96. The van der Waals surface area contributed by atoms with Crippen LogP contribution in [0.2, 0.25) is 0 Å². The molecular formula is C36H27N6O12P3. The van der Waals surface area contributed by atoms with Gasteiger partial charge < -0.3 is 0 Å². The molecule has 21 heteroatoms. The van der Waals surface area contributed by atoms with Crippen molar-refractivity contribution in [2.24, 2.45) is 4.52 Å². The van der Waals surface area contributed by atoms with Crippen molar-refractivity contribution >= 4 is 41.6 Å². The van der Waals surface area contributed by atoms with Crippen LogP contribution in [-0.2, 0) is 0 Å². The van der Waals surface area contributed by atoms with Crippen molar-refractivity contribution in [1.29, 1.82) is 0 Å². The zero-order valence-electron chi connectivity index (χ0n) is 29.0. The molecule has 18 nitrogen and oxygen atoms in total. The van der Waals surface area contributed by atoms with Crippen LogP contribution in [-0.4, -0.2) is 24.0 Å². The number of para-hydroxylation sites is 3. The van der Waals surface area contributed by atoms with Crippen molar-refractivity contribution in [2.75, 3.05) is 0 Å². The van der Waals surface area contributed by atoms with Gasteiger partial charge in [0.25, 0.3) is 0 Å². The van der Waals surface area contributed by atoms with E-state index in [1.807, 2.05) is 0 Å². The number of hydrogen-bond acceptors (Lipinski definition) is 15. The monoisotopic (exact) mass is 828 g/mol. The van der Waals surface area contributed by atoms with E-state index in [9.17, 15) is 30.3 Å². The molecule has 0 amide bonds. The Hall–Kier alpha value is -6.80. The van der Waals surface area contributed by atoms with Crippen LogP contribution >= 0.6 is 24.6 Å². The maximum atomic E-state index is 11.7. The number of nitro groups is 3. The topological polar surface area (TPSA) is 204 Å². The summed E-state index contributed by atoms with van der Waals surface area (Å²) in [6.45, 7) is 0. The minimum atomic E-state index is -5.82. The summed E-state index contributed by atoms with van der Waals surface area (Å²) in [5.74, 6) is 0.743. The Labute approximate surface area is 325 Å². The van der Waals surface area contributed by atoms with E-state index in [1.54, 1.807) is 91.0 Å². The first-order valence-electron chi connectivity index (χ1n) is 16.5. The van der Waals surface area contributed by atoms with E-state index in [2.05, 4.69) is 0 Å². The minimum absolute atomic E-state index is 0.0519. The molecule has 0 bridgehead atoms. The summed E-state index contributed by atoms with van der Waals surface area (Å²) >= 11 is 0. The van der Waals surface area contributed by atoms with Gasteiger partial charge in [-0.3, -0.25) is 0 Å². The van der Waals surface area contributed by atoms with Gasteiger partial charge >= 0.3 is 327 Å². The van der Waals surface area contributed by atoms with E-state index >= 15 is 0 Å². The Bertz CT molecular complexity index is 2240. The van der Waals surface area contributed by atoms with Crippen LogP contribution in [0.4, 0.5) is 17.1 Å². The van der Waals surface area contributed by atoms with Crippen molar-refractivity contribution in [3.8, 4) is 34.5 Å². The molecule has 0 spiro atoms. The number of benzene rings is 6. The van der Waals surface area contributed by atoms with Gasteiger partial charge in [0.2, 0.25) is 0 Å². The predicted molar refractivity (Wildman–Crippen MR) is 209 cm³/mol. The van der Waals surface area contributed by atoms with Gasteiger partial charge in [-0.25, -0.2) is 0 Å². The molecule has 1 heterocycles. The van der Waals surface area contributed by atoms with Crippen LogP contribution in [0.3, 0.4) is 0 Å². The zero-order valence-corrected chi connectivity index (χ0v) is 31.7. The van der Waals surface area contributed by atoms with Gasteiger partial charge in [-0.15, -0.1) is 0 Å². The van der Waals surface area contributed by atoms with Crippen molar-refractivity contribution in [3.05, 3.63) is 194 Å². The molecule has 288 valence electrons. The van der Waals surface area contributed by atoms with Crippen LogP contribution < -0.4 is 27.8 Å². The Kier molecular flexibility index (Phi) is 11.1. The average Bonchev–Trinajstić information content (AvgIpc) is 3.22. The molecule has 57 heavy (non-hydrogen) atoms. The fourth-order valence-corrected chi connectivity index (χ4v) is 12.6. The first-order chi connectivity index (χ1) is 27.6. The van der Waals surface area contributed by atoms with Gasteiger partial charge in [0, 0.05) is 0 Å². The van der Waals surface area contributed by atoms with Crippen LogP contribution in [0.15, 0.2) is 168 Å². The summed E-state index contributed by atoms with van der Waals surface area (Å²) in [5.41, 5.74) is -0.773. The van der Waals surface area contributed by atoms with Crippen LogP contribution in [0.1, 0.15) is 0 Å². The Morgan fingerprint density at radius 3 is 1.19 bits per heavy atom. The first-order valence-corrected chi connectivity index (χ1v) is 20.3. The molecule has 0 aromatic heterocycles. The summed E-state index contributed by atoms with van der Waals surface area (Å²) in [5, 5.41) is 35.0. The molecule has 1 aliphatic rings. The third-order valence-electron chi connectivity index (χ3n) is 7.56. The predicted octanol–water partition coefficient (Wildman–Crippen LogP) is 11.0. The zero-order chi connectivity index (χ0) is 39.9. The quantitative estimate of drug-likeness (QED) is 0.0537. The molecule has 1 aliphatic heterocycles. The van der Waals surface area contributed by atoms with Crippen LogP contribution in [0.25, 0.3) is 0 Å². The number of rotatable bonds is 15. The Morgan fingerprint density at radius 1 is 0.474 bits per heavy atom. The van der Waals surface area contributed by atoms with E-state index in [1.165, 1.54) is 77.4 Å². The fraction of sp³-hybridized carbons (Fsp3) is 0. The van der Waals surface area contributed by atoms with E-state index in [0.29, 0.717) is 11.5 Å². The number of hydrogen-bond donors (Lipinski definition) is 0. The van der Waals surface area contributed by atoms with E-state index < -0.39 is 30.8 Å². The SMILES string of the molecule is O=[N+]([O-])c1ccc(OP2(Oc3ccc([N+](=O)[O-])cc3)(Oc3ccc([N+](=O)[O-])cc3)N=PN(Oc3ccccc3)P(Oc3ccccc3)N2Oc2ccccc2)cc1. The summed E-state index contributed by atoms with van der Waals surface area (Å²) in [4.78, 5) is 46.3. The standard InChI is InChI=1S/C36H27N6O12P3/c43-38(44)28-16-22-34(23-17-28)52-57(53-35-24-18-29(19-25-35)39(45)46,54-36-26-20-30(21-27-36)40(47)48)37-55-41(49-31-10-4-1-5-11-31)56(51-33-14-8-3-9-15-33)42(57)50-32-12-6-2-7-13-32/h1-27H. The summed E-state index contributed by atoms with van der Waals surface area (Å²) in [6, 6.07) is 40.7. The van der Waals surface area contributed by atoms with Crippen molar-refractivity contribution in [1.82, 2.24) is 9.21 Å². The van der Waals surface area contributed by atoms with Gasteiger partial charge in [-0.05, 0) is 0 Å². The third kappa shape index (κ3) is 8.71. The molecule has 0 radical (unpaired) electrons. The molecule has 0 saturated heterocycles. The van der Waals surface area contributed by atoms with Gasteiger partial charge in [0.15, 0.2) is 0 Å². The molecule has 1 atom stereocenters. The van der Waals surface area contributed by atoms with E-state index in [4.69, 9.17) is 32.3 Å². The molecule has 6 aromatic carbocycles. The molecule has 1 unspecified atom stereocenters.